The van der Waals surface area contributed by atoms with Gasteiger partial charge in [-0.25, -0.2) is 9.37 Å². The molecule has 0 saturated carbocycles. The summed E-state index contributed by atoms with van der Waals surface area (Å²) in [5, 5.41) is 5.17. The predicted octanol–water partition coefficient (Wildman–Crippen LogP) is 4.82. The van der Waals surface area contributed by atoms with Crippen LogP contribution >= 0.6 is 11.3 Å². The molecule has 2 aromatic carbocycles. The van der Waals surface area contributed by atoms with Gasteiger partial charge in [0, 0.05) is 16.5 Å². The summed E-state index contributed by atoms with van der Waals surface area (Å²) in [6, 6.07) is 11.6. The number of anilines is 1. The van der Waals surface area contributed by atoms with Crippen LogP contribution in [0.2, 0.25) is 0 Å². The van der Waals surface area contributed by atoms with Crippen LogP contribution in [0.3, 0.4) is 0 Å². The van der Waals surface area contributed by atoms with Gasteiger partial charge in [-0.3, -0.25) is 10.1 Å². The van der Waals surface area contributed by atoms with E-state index in [1.54, 1.807) is 0 Å². The lowest BCUT2D eigenvalue weighted by atomic mass is 10.1. The number of aryl methyl sites for hydroxylation is 2. The maximum atomic E-state index is 12.9. The van der Waals surface area contributed by atoms with Crippen LogP contribution in [0.15, 0.2) is 47.8 Å². The molecular formula is C18H15FN2OS. The second-order valence-electron chi connectivity index (χ2n) is 5.30. The average Bonchev–Trinajstić information content (AvgIpc) is 2.99. The summed E-state index contributed by atoms with van der Waals surface area (Å²) < 4.78 is 12.9. The SMILES string of the molecule is Cc1ccc(-c2csc(NC(=O)c3ccc(F)cc3)n2)cc1C. The molecule has 3 aromatic rings. The summed E-state index contributed by atoms with van der Waals surface area (Å²) in [5.74, 6) is -0.668. The van der Waals surface area contributed by atoms with Crippen molar-refractivity contribution >= 4 is 22.4 Å². The third-order valence-electron chi connectivity index (χ3n) is 3.63. The first-order valence-electron chi connectivity index (χ1n) is 7.13. The Labute approximate surface area is 137 Å². The summed E-state index contributed by atoms with van der Waals surface area (Å²) in [7, 11) is 0. The first-order valence-corrected chi connectivity index (χ1v) is 8.01. The molecule has 116 valence electrons. The molecule has 1 N–H and O–H groups in total. The Kier molecular flexibility index (Phi) is 4.21. The van der Waals surface area contributed by atoms with E-state index in [-0.39, 0.29) is 11.7 Å². The smallest absolute Gasteiger partial charge is 0.257 e. The molecular weight excluding hydrogens is 311 g/mol. The first kappa shape index (κ1) is 15.4. The van der Waals surface area contributed by atoms with Crippen molar-refractivity contribution < 1.29 is 9.18 Å². The summed E-state index contributed by atoms with van der Waals surface area (Å²) >= 11 is 1.36. The minimum atomic E-state index is -0.368. The molecule has 5 heteroatoms. The minimum absolute atomic E-state index is 0.300. The van der Waals surface area contributed by atoms with Crippen LogP contribution in [0.1, 0.15) is 21.5 Å². The molecule has 1 amide bonds. The average molecular weight is 326 g/mol. The number of halogens is 1. The van der Waals surface area contributed by atoms with E-state index >= 15 is 0 Å². The van der Waals surface area contributed by atoms with Crippen molar-refractivity contribution in [1.82, 2.24) is 4.98 Å². The Morgan fingerprint density at radius 1 is 1.09 bits per heavy atom. The number of carbonyl (C=O) groups excluding carboxylic acids is 1. The van der Waals surface area contributed by atoms with Crippen molar-refractivity contribution in [3.05, 3.63) is 70.4 Å². The van der Waals surface area contributed by atoms with Gasteiger partial charge >= 0.3 is 0 Å². The molecule has 0 atom stereocenters. The summed E-state index contributed by atoms with van der Waals surface area (Å²) in [5.41, 5.74) is 4.68. The Morgan fingerprint density at radius 2 is 1.83 bits per heavy atom. The fourth-order valence-electron chi connectivity index (χ4n) is 2.14. The van der Waals surface area contributed by atoms with Gasteiger partial charge in [0.05, 0.1) is 5.69 Å². The van der Waals surface area contributed by atoms with Gasteiger partial charge in [-0.2, -0.15) is 0 Å². The van der Waals surface area contributed by atoms with Gasteiger partial charge in [-0.15, -0.1) is 11.3 Å². The van der Waals surface area contributed by atoms with E-state index < -0.39 is 0 Å². The van der Waals surface area contributed by atoms with Gasteiger partial charge in [-0.1, -0.05) is 12.1 Å². The lowest BCUT2D eigenvalue weighted by Gasteiger charge is -2.03. The van der Waals surface area contributed by atoms with Gasteiger partial charge in [-0.05, 0) is 55.3 Å². The maximum absolute atomic E-state index is 12.9. The monoisotopic (exact) mass is 326 g/mol. The van der Waals surface area contributed by atoms with Crippen LogP contribution in [0, 0.1) is 19.7 Å². The van der Waals surface area contributed by atoms with Crippen molar-refractivity contribution in [2.45, 2.75) is 13.8 Å². The number of nitrogens with zero attached hydrogens (tertiary/aromatic N) is 1. The molecule has 1 heterocycles. The Balaban J connectivity index is 1.77. The van der Waals surface area contributed by atoms with Crippen LogP contribution in [-0.2, 0) is 0 Å². The van der Waals surface area contributed by atoms with Crippen molar-refractivity contribution in [3.63, 3.8) is 0 Å². The van der Waals surface area contributed by atoms with Crippen molar-refractivity contribution in [1.29, 1.82) is 0 Å². The topological polar surface area (TPSA) is 42.0 Å². The Morgan fingerprint density at radius 3 is 2.52 bits per heavy atom. The summed E-state index contributed by atoms with van der Waals surface area (Å²) in [4.78, 5) is 16.5. The normalized spacial score (nSPS) is 10.6. The van der Waals surface area contributed by atoms with Crippen LogP contribution in [0.25, 0.3) is 11.3 Å². The molecule has 0 radical (unpaired) electrons. The molecule has 23 heavy (non-hydrogen) atoms. The fourth-order valence-corrected chi connectivity index (χ4v) is 2.85. The molecule has 0 aliphatic heterocycles. The first-order chi connectivity index (χ1) is 11.0. The van der Waals surface area contributed by atoms with E-state index in [4.69, 9.17) is 0 Å². The van der Waals surface area contributed by atoms with Crippen LogP contribution in [-0.4, -0.2) is 10.9 Å². The van der Waals surface area contributed by atoms with Gasteiger partial charge in [0.15, 0.2) is 5.13 Å². The van der Waals surface area contributed by atoms with Crippen molar-refractivity contribution in [2.75, 3.05) is 5.32 Å². The van der Waals surface area contributed by atoms with E-state index in [0.717, 1.165) is 11.3 Å². The Bertz CT molecular complexity index is 856. The van der Waals surface area contributed by atoms with E-state index in [2.05, 4.69) is 36.3 Å². The molecule has 0 aliphatic rings. The lowest BCUT2D eigenvalue weighted by Crippen LogP contribution is -2.11. The van der Waals surface area contributed by atoms with Gasteiger partial charge in [0.2, 0.25) is 0 Å². The zero-order valence-corrected chi connectivity index (χ0v) is 13.6. The Hall–Kier alpha value is -2.53. The molecule has 0 saturated heterocycles. The van der Waals surface area contributed by atoms with Crippen molar-refractivity contribution in [2.24, 2.45) is 0 Å². The second kappa shape index (κ2) is 6.30. The number of thiazole rings is 1. The molecule has 0 bridgehead atoms. The molecule has 0 unspecified atom stereocenters. The zero-order valence-electron chi connectivity index (χ0n) is 12.8. The molecule has 1 aromatic heterocycles. The zero-order chi connectivity index (χ0) is 16.4. The number of aromatic nitrogens is 1. The maximum Gasteiger partial charge on any atom is 0.257 e. The highest BCUT2D eigenvalue weighted by Crippen LogP contribution is 2.26. The number of carbonyl (C=O) groups is 1. The molecule has 3 nitrogen and oxygen atoms in total. The number of benzene rings is 2. The number of nitrogens with one attached hydrogen (secondary N) is 1. The van der Waals surface area contributed by atoms with E-state index in [9.17, 15) is 9.18 Å². The molecule has 0 aliphatic carbocycles. The second-order valence-corrected chi connectivity index (χ2v) is 6.16. The predicted molar refractivity (Wildman–Crippen MR) is 91.4 cm³/mol. The molecule has 3 rings (SSSR count). The highest BCUT2D eigenvalue weighted by molar-refractivity contribution is 7.14. The number of hydrogen-bond acceptors (Lipinski definition) is 3. The summed E-state index contributed by atoms with van der Waals surface area (Å²) in [6.45, 7) is 4.12. The van der Waals surface area contributed by atoms with Crippen LogP contribution in [0.4, 0.5) is 9.52 Å². The number of rotatable bonds is 3. The third-order valence-corrected chi connectivity index (χ3v) is 4.39. The summed E-state index contributed by atoms with van der Waals surface area (Å²) in [6.07, 6.45) is 0. The van der Waals surface area contributed by atoms with Crippen LogP contribution in [0.5, 0.6) is 0 Å². The van der Waals surface area contributed by atoms with Crippen LogP contribution < -0.4 is 5.32 Å². The standard InChI is InChI=1S/C18H15FN2OS/c1-11-3-4-14(9-12(11)2)16-10-23-18(20-16)21-17(22)13-5-7-15(19)8-6-13/h3-10H,1-2H3,(H,20,21,22). The number of hydrogen-bond donors (Lipinski definition) is 1. The van der Waals surface area contributed by atoms with E-state index in [1.165, 1.54) is 46.7 Å². The highest BCUT2D eigenvalue weighted by Gasteiger charge is 2.10. The quantitative estimate of drug-likeness (QED) is 0.750. The lowest BCUT2D eigenvalue weighted by molar-refractivity contribution is 0.102. The molecule has 0 spiro atoms. The van der Waals surface area contributed by atoms with Crippen molar-refractivity contribution in [3.8, 4) is 11.3 Å². The van der Waals surface area contributed by atoms with Gasteiger partial charge in [0.1, 0.15) is 5.82 Å². The number of amides is 1. The van der Waals surface area contributed by atoms with Gasteiger partial charge in [0.25, 0.3) is 5.91 Å². The van der Waals surface area contributed by atoms with E-state index in [1.807, 2.05) is 11.4 Å². The molecule has 0 fully saturated rings. The third kappa shape index (κ3) is 3.46. The van der Waals surface area contributed by atoms with Gasteiger partial charge < -0.3 is 0 Å². The highest BCUT2D eigenvalue weighted by atomic mass is 32.1. The largest absolute Gasteiger partial charge is 0.298 e. The fraction of sp³-hybridized carbons (Fsp3) is 0.111. The minimum Gasteiger partial charge on any atom is -0.298 e. The van der Waals surface area contributed by atoms with E-state index in [0.29, 0.717) is 10.7 Å².